The molecule has 0 bridgehead atoms. The lowest BCUT2D eigenvalue weighted by Gasteiger charge is -2.33. The summed E-state index contributed by atoms with van der Waals surface area (Å²) in [6.45, 7) is 5.84. The quantitative estimate of drug-likeness (QED) is 0.926. The summed E-state index contributed by atoms with van der Waals surface area (Å²) in [5.74, 6) is 0. The van der Waals surface area contributed by atoms with Crippen LogP contribution < -0.4 is 0 Å². The monoisotopic (exact) mass is 297 g/mol. The van der Waals surface area contributed by atoms with E-state index in [1.807, 2.05) is 19.9 Å². The number of hydrogen-bond donors (Lipinski definition) is 1. The highest BCUT2D eigenvalue weighted by Crippen LogP contribution is 2.28. The molecule has 0 radical (unpaired) electrons. The van der Waals surface area contributed by atoms with Crippen LogP contribution in [0.1, 0.15) is 32.3 Å². The van der Waals surface area contributed by atoms with Gasteiger partial charge in [-0.2, -0.15) is 0 Å². The first kappa shape index (κ1) is 13.1. The van der Waals surface area contributed by atoms with Crippen molar-refractivity contribution in [2.45, 2.75) is 44.9 Å². The Labute approximate surface area is 112 Å². The molecule has 1 aromatic carbocycles. The largest absolute Gasteiger partial charge is 0.389 e. The molecule has 2 rings (SSSR count). The average molecular weight is 298 g/mol. The summed E-state index contributed by atoms with van der Waals surface area (Å²) in [5.41, 5.74) is 0.693. The van der Waals surface area contributed by atoms with Gasteiger partial charge in [0.2, 0.25) is 0 Å². The van der Waals surface area contributed by atoms with Gasteiger partial charge in [-0.05, 0) is 50.9 Å². The van der Waals surface area contributed by atoms with Crippen LogP contribution >= 0.6 is 15.9 Å². The zero-order valence-electron chi connectivity index (χ0n) is 10.5. The Kier molecular flexibility index (Phi) is 3.91. The summed E-state index contributed by atoms with van der Waals surface area (Å²) in [4.78, 5) is 2.39. The van der Waals surface area contributed by atoms with Gasteiger partial charge in [0.05, 0.1) is 5.60 Å². The lowest BCUT2D eigenvalue weighted by atomic mass is 9.96. The fraction of sp³-hybridized carbons (Fsp3) is 0.571. The Balaban J connectivity index is 2.08. The van der Waals surface area contributed by atoms with Crippen molar-refractivity contribution in [2.24, 2.45) is 0 Å². The molecule has 1 N–H and O–H groups in total. The maximum Gasteiger partial charge on any atom is 0.0746 e. The van der Waals surface area contributed by atoms with Crippen LogP contribution in [0.4, 0.5) is 0 Å². The van der Waals surface area contributed by atoms with E-state index in [-0.39, 0.29) is 6.04 Å². The van der Waals surface area contributed by atoms with E-state index < -0.39 is 5.60 Å². The van der Waals surface area contributed by atoms with Crippen LogP contribution in [-0.4, -0.2) is 28.2 Å². The van der Waals surface area contributed by atoms with Gasteiger partial charge in [-0.25, -0.2) is 0 Å². The van der Waals surface area contributed by atoms with Gasteiger partial charge >= 0.3 is 0 Å². The third-order valence-electron chi connectivity index (χ3n) is 3.45. The van der Waals surface area contributed by atoms with Gasteiger partial charge in [-0.1, -0.05) is 28.1 Å². The molecule has 0 amide bonds. The summed E-state index contributed by atoms with van der Waals surface area (Å²) >= 11 is 3.50. The van der Waals surface area contributed by atoms with Crippen LogP contribution in [0.5, 0.6) is 0 Å². The lowest BCUT2D eigenvalue weighted by molar-refractivity contribution is -0.00501. The molecular formula is C14H20BrNO. The molecule has 0 aromatic heterocycles. The molecule has 1 saturated heterocycles. The minimum Gasteiger partial charge on any atom is -0.389 e. The lowest BCUT2D eigenvalue weighted by Crippen LogP contribution is -2.45. The first-order chi connectivity index (χ1) is 7.97. The number of likely N-dealkylation sites (tertiary alicyclic amines) is 1. The Bertz CT molecular complexity index is 386. The highest BCUT2D eigenvalue weighted by molar-refractivity contribution is 9.10. The van der Waals surface area contributed by atoms with E-state index in [0.717, 1.165) is 24.0 Å². The smallest absolute Gasteiger partial charge is 0.0746 e. The molecule has 1 atom stereocenters. The van der Waals surface area contributed by atoms with Crippen molar-refractivity contribution >= 4 is 15.9 Å². The van der Waals surface area contributed by atoms with E-state index in [0.29, 0.717) is 0 Å². The van der Waals surface area contributed by atoms with Crippen molar-refractivity contribution in [3.63, 3.8) is 0 Å². The fourth-order valence-electron chi connectivity index (χ4n) is 2.69. The molecule has 1 aromatic rings. The van der Waals surface area contributed by atoms with E-state index in [2.05, 4.69) is 39.0 Å². The Hall–Kier alpha value is -0.380. The molecule has 0 saturated carbocycles. The van der Waals surface area contributed by atoms with E-state index >= 15 is 0 Å². The van der Waals surface area contributed by atoms with Crippen LogP contribution in [0.3, 0.4) is 0 Å². The average Bonchev–Trinajstić information content (AvgIpc) is 2.65. The van der Waals surface area contributed by atoms with Gasteiger partial charge in [-0.3, -0.25) is 4.90 Å². The zero-order valence-corrected chi connectivity index (χ0v) is 12.1. The van der Waals surface area contributed by atoms with Crippen molar-refractivity contribution in [2.75, 3.05) is 6.54 Å². The maximum absolute atomic E-state index is 10.2. The number of benzene rings is 1. The van der Waals surface area contributed by atoms with Crippen LogP contribution in [0.25, 0.3) is 0 Å². The summed E-state index contributed by atoms with van der Waals surface area (Å²) in [6.07, 6.45) is 2.28. The number of rotatable bonds is 3. The summed E-state index contributed by atoms with van der Waals surface area (Å²) in [5, 5.41) is 10.2. The highest BCUT2D eigenvalue weighted by atomic mass is 79.9. The first-order valence-electron chi connectivity index (χ1n) is 6.18. The van der Waals surface area contributed by atoms with Crippen LogP contribution in [0, 0.1) is 0 Å². The summed E-state index contributed by atoms with van der Waals surface area (Å²) in [7, 11) is 0. The highest BCUT2D eigenvalue weighted by Gasteiger charge is 2.35. The third-order valence-corrected chi connectivity index (χ3v) is 3.95. The molecule has 2 nitrogen and oxygen atoms in total. The predicted molar refractivity (Wildman–Crippen MR) is 73.9 cm³/mol. The van der Waals surface area contributed by atoms with E-state index in [1.165, 1.54) is 12.0 Å². The Morgan fingerprint density at radius 2 is 2.24 bits per heavy atom. The van der Waals surface area contributed by atoms with Crippen LogP contribution in [0.2, 0.25) is 0 Å². The first-order valence-corrected chi connectivity index (χ1v) is 6.97. The van der Waals surface area contributed by atoms with Crippen LogP contribution in [-0.2, 0) is 6.54 Å². The second kappa shape index (κ2) is 5.09. The molecule has 0 spiro atoms. The predicted octanol–water partition coefficient (Wildman–Crippen LogP) is 3.18. The minimum atomic E-state index is -0.609. The second-order valence-electron chi connectivity index (χ2n) is 5.41. The van der Waals surface area contributed by atoms with E-state index in [1.54, 1.807) is 0 Å². The molecule has 1 heterocycles. The normalized spacial score (nSPS) is 22.0. The van der Waals surface area contributed by atoms with E-state index in [9.17, 15) is 5.11 Å². The van der Waals surface area contributed by atoms with Crippen molar-refractivity contribution < 1.29 is 5.11 Å². The zero-order chi connectivity index (χ0) is 12.5. The number of halogens is 1. The number of nitrogens with zero attached hydrogens (tertiary/aromatic N) is 1. The van der Waals surface area contributed by atoms with Gasteiger partial charge in [0.25, 0.3) is 0 Å². The van der Waals surface area contributed by atoms with Gasteiger partial charge in [0.1, 0.15) is 0 Å². The summed E-state index contributed by atoms with van der Waals surface area (Å²) in [6, 6.07) is 8.68. The van der Waals surface area contributed by atoms with E-state index in [4.69, 9.17) is 0 Å². The van der Waals surface area contributed by atoms with Crippen molar-refractivity contribution in [3.8, 4) is 0 Å². The SMILES string of the molecule is CC(C)(O)C1CCCN1Cc1cccc(Br)c1. The summed E-state index contributed by atoms with van der Waals surface area (Å²) < 4.78 is 1.12. The van der Waals surface area contributed by atoms with Gasteiger partial charge in [0, 0.05) is 17.1 Å². The molecular weight excluding hydrogens is 278 g/mol. The van der Waals surface area contributed by atoms with Crippen LogP contribution in [0.15, 0.2) is 28.7 Å². The van der Waals surface area contributed by atoms with Crippen molar-refractivity contribution in [1.29, 1.82) is 0 Å². The molecule has 1 fully saturated rings. The standard InChI is InChI=1S/C14H20BrNO/c1-14(2,17)13-7-4-8-16(13)10-11-5-3-6-12(15)9-11/h3,5-6,9,13,17H,4,7-8,10H2,1-2H3. The molecule has 1 aliphatic heterocycles. The molecule has 1 aliphatic rings. The van der Waals surface area contributed by atoms with Gasteiger partial charge < -0.3 is 5.11 Å². The van der Waals surface area contributed by atoms with Crippen molar-refractivity contribution in [1.82, 2.24) is 4.90 Å². The Morgan fingerprint density at radius 3 is 2.88 bits per heavy atom. The fourth-order valence-corrected chi connectivity index (χ4v) is 3.13. The number of hydrogen-bond acceptors (Lipinski definition) is 2. The second-order valence-corrected chi connectivity index (χ2v) is 6.33. The molecule has 1 unspecified atom stereocenters. The molecule has 17 heavy (non-hydrogen) atoms. The molecule has 0 aliphatic carbocycles. The third kappa shape index (κ3) is 3.30. The van der Waals surface area contributed by atoms with Gasteiger partial charge in [0.15, 0.2) is 0 Å². The Morgan fingerprint density at radius 1 is 1.47 bits per heavy atom. The topological polar surface area (TPSA) is 23.5 Å². The minimum absolute atomic E-state index is 0.279. The molecule has 94 valence electrons. The van der Waals surface area contributed by atoms with Gasteiger partial charge in [-0.15, -0.1) is 0 Å². The maximum atomic E-state index is 10.2. The van der Waals surface area contributed by atoms with Crippen molar-refractivity contribution in [3.05, 3.63) is 34.3 Å². The number of aliphatic hydroxyl groups is 1. The molecule has 3 heteroatoms.